The smallest absolute Gasteiger partial charge is 0.0669 e. The Morgan fingerprint density at radius 3 is 2.74 bits per heavy atom. The zero-order valence-corrected chi connectivity index (χ0v) is 12.1. The first-order valence-electron chi connectivity index (χ1n) is 6.07. The van der Waals surface area contributed by atoms with Gasteiger partial charge in [-0.3, -0.25) is 16.0 Å². The number of rotatable bonds is 5. The van der Waals surface area contributed by atoms with Gasteiger partial charge in [-0.1, -0.05) is 29.3 Å². The minimum Gasteiger partial charge on any atom is -0.271 e. The van der Waals surface area contributed by atoms with Gasteiger partial charge in [-0.15, -0.1) is 0 Å². The van der Waals surface area contributed by atoms with E-state index in [-0.39, 0.29) is 6.04 Å². The zero-order chi connectivity index (χ0) is 13.8. The highest BCUT2D eigenvalue weighted by atomic mass is 35.5. The molecular weight excluding hydrogens is 283 g/mol. The maximum Gasteiger partial charge on any atom is 0.0669 e. The summed E-state index contributed by atoms with van der Waals surface area (Å²) in [5.41, 5.74) is 4.95. The lowest BCUT2D eigenvalue weighted by molar-refractivity contribution is 0.490. The van der Waals surface area contributed by atoms with Gasteiger partial charge in [0.1, 0.15) is 0 Å². The van der Waals surface area contributed by atoms with Crippen molar-refractivity contribution < 1.29 is 0 Å². The van der Waals surface area contributed by atoms with Crippen LogP contribution in [0.15, 0.2) is 30.5 Å². The van der Waals surface area contributed by atoms with Crippen LogP contribution in [0.1, 0.15) is 24.2 Å². The quantitative estimate of drug-likeness (QED) is 0.659. The van der Waals surface area contributed by atoms with Crippen LogP contribution in [-0.2, 0) is 13.0 Å². The molecule has 0 amide bonds. The molecule has 0 saturated carbocycles. The van der Waals surface area contributed by atoms with Crippen LogP contribution < -0.4 is 11.3 Å². The summed E-state index contributed by atoms with van der Waals surface area (Å²) in [6, 6.07) is 7.56. The van der Waals surface area contributed by atoms with E-state index < -0.39 is 0 Å². The fourth-order valence-corrected chi connectivity index (χ4v) is 2.38. The van der Waals surface area contributed by atoms with Crippen LogP contribution in [0, 0.1) is 0 Å². The van der Waals surface area contributed by atoms with Crippen molar-refractivity contribution in [2.75, 3.05) is 0 Å². The Morgan fingerprint density at radius 1 is 1.32 bits per heavy atom. The van der Waals surface area contributed by atoms with Gasteiger partial charge >= 0.3 is 0 Å². The highest BCUT2D eigenvalue weighted by Crippen LogP contribution is 2.25. The zero-order valence-electron chi connectivity index (χ0n) is 10.6. The minimum atomic E-state index is -0.0142. The number of hydrogen-bond acceptors (Lipinski definition) is 3. The second kappa shape index (κ2) is 6.39. The van der Waals surface area contributed by atoms with Gasteiger partial charge in [0.05, 0.1) is 21.8 Å². The molecule has 19 heavy (non-hydrogen) atoms. The molecule has 1 unspecified atom stereocenters. The van der Waals surface area contributed by atoms with E-state index in [1.807, 2.05) is 29.8 Å². The lowest BCUT2D eigenvalue weighted by Crippen LogP contribution is -2.31. The number of hydrogen-bond donors (Lipinski definition) is 2. The highest BCUT2D eigenvalue weighted by molar-refractivity contribution is 6.42. The Balaban J connectivity index is 2.21. The average Bonchev–Trinajstić information content (AvgIpc) is 2.88. The molecule has 1 atom stereocenters. The van der Waals surface area contributed by atoms with E-state index in [0.29, 0.717) is 10.0 Å². The average molecular weight is 299 g/mol. The molecule has 4 nitrogen and oxygen atoms in total. The summed E-state index contributed by atoms with van der Waals surface area (Å²) in [6.45, 7) is 2.85. The Labute approximate surface area is 122 Å². The first-order chi connectivity index (χ1) is 9.15. The second-order valence-electron chi connectivity index (χ2n) is 4.24. The molecule has 0 saturated heterocycles. The largest absolute Gasteiger partial charge is 0.271 e. The van der Waals surface area contributed by atoms with Crippen molar-refractivity contribution in [1.29, 1.82) is 0 Å². The summed E-state index contributed by atoms with van der Waals surface area (Å²) in [7, 11) is 0. The van der Waals surface area contributed by atoms with E-state index >= 15 is 0 Å². The molecule has 3 N–H and O–H groups in total. The minimum absolute atomic E-state index is 0.0142. The van der Waals surface area contributed by atoms with Crippen LogP contribution in [0.25, 0.3) is 0 Å². The fraction of sp³-hybridized carbons (Fsp3) is 0.308. The molecule has 0 spiro atoms. The molecule has 1 heterocycles. The van der Waals surface area contributed by atoms with Crippen molar-refractivity contribution in [3.8, 4) is 0 Å². The third kappa shape index (κ3) is 3.28. The molecule has 0 fully saturated rings. The Bertz CT molecular complexity index is 553. The molecule has 0 aliphatic carbocycles. The van der Waals surface area contributed by atoms with Crippen molar-refractivity contribution in [3.05, 3.63) is 51.8 Å². The Morgan fingerprint density at radius 2 is 2.11 bits per heavy atom. The summed E-state index contributed by atoms with van der Waals surface area (Å²) in [5, 5.41) is 5.36. The maximum atomic E-state index is 6.02. The van der Waals surface area contributed by atoms with E-state index in [9.17, 15) is 0 Å². The first kappa shape index (κ1) is 14.3. The lowest BCUT2D eigenvalue weighted by atomic mass is 10.0. The number of nitrogens with one attached hydrogen (secondary N) is 1. The number of aromatic nitrogens is 2. The number of nitrogens with two attached hydrogens (primary N) is 1. The van der Waals surface area contributed by atoms with Crippen LogP contribution >= 0.6 is 23.2 Å². The summed E-state index contributed by atoms with van der Waals surface area (Å²) in [5.74, 6) is 5.65. The third-order valence-electron chi connectivity index (χ3n) is 3.03. The third-order valence-corrected chi connectivity index (χ3v) is 3.77. The number of nitrogens with zero attached hydrogens (tertiary/aromatic N) is 2. The van der Waals surface area contributed by atoms with Gasteiger partial charge in [-0.2, -0.15) is 5.10 Å². The summed E-state index contributed by atoms with van der Waals surface area (Å²) < 4.78 is 1.92. The Hall–Kier alpha value is -1.07. The molecule has 102 valence electrons. The van der Waals surface area contributed by atoms with Crippen LogP contribution in [0.3, 0.4) is 0 Å². The fourth-order valence-electron chi connectivity index (χ4n) is 2.05. The monoisotopic (exact) mass is 298 g/mol. The predicted molar refractivity (Wildman–Crippen MR) is 78.1 cm³/mol. The second-order valence-corrected chi connectivity index (χ2v) is 5.06. The topological polar surface area (TPSA) is 55.9 Å². The van der Waals surface area contributed by atoms with E-state index in [1.54, 1.807) is 12.3 Å². The number of hydrazine groups is 1. The standard InChI is InChI=1S/C13H16Cl2N4/c1-2-19-13(5-6-17-19)12(18-16)8-9-3-4-10(14)11(15)7-9/h3-7,12,18H,2,8,16H2,1H3. The SMILES string of the molecule is CCn1nccc1C(Cc1ccc(Cl)c(Cl)c1)NN. The van der Waals surface area contributed by atoms with E-state index in [2.05, 4.69) is 10.5 Å². The highest BCUT2D eigenvalue weighted by Gasteiger charge is 2.15. The molecule has 0 bridgehead atoms. The lowest BCUT2D eigenvalue weighted by Gasteiger charge is -2.17. The first-order valence-corrected chi connectivity index (χ1v) is 6.83. The molecule has 0 aliphatic heterocycles. The number of halogens is 2. The Kier molecular flexibility index (Phi) is 4.82. The normalized spacial score (nSPS) is 12.6. The molecule has 0 aliphatic rings. The van der Waals surface area contributed by atoms with Gasteiger partial charge in [0.25, 0.3) is 0 Å². The molecule has 6 heteroatoms. The van der Waals surface area contributed by atoms with Crippen LogP contribution in [0.4, 0.5) is 0 Å². The predicted octanol–water partition coefficient (Wildman–Crippen LogP) is 2.96. The molecule has 2 aromatic rings. The van der Waals surface area contributed by atoms with Gasteiger partial charge in [0.15, 0.2) is 0 Å². The van der Waals surface area contributed by atoms with E-state index in [1.165, 1.54) is 0 Å². The van der Waals surface area contributed by atoms with Gasteiger partial charge in [-0.25, -0.2) is 0 Å². The van der Waals surface area contributed by atoms with E-state index in [4.69, 9.17) is 29.0 Å². The van der Waals surface area contributed by atoms with Crippen molar-refractivity contribution in [2.45, 2.75) is 25.9 Å². The molecule has 0 radical (unpaired) electrons. The maximum absolute atomic E-state index is 6.02. The van der Waals surface area contributed by atoms with Gasteiger partial charge in [-0.05, 0) is 37.1 Å². The van der Waals surface area contributed by atoms with Gasteiger partial charge < -0.3 is 0 Å². The van der Waals surface area contributed by atoms with Crippen LogP contribution in [-0.4, -0.2) is 9.78 Å². The summed E-state index contributed by atoms with van der Waals surface area (Å²) in [6.07, 6.45) is 2.50. The van der Waals surface area contributed by atoms with Crippen molar-refractivity contribution in [3.63, 3.8) is 0 Å². The van der Waals surface area contributed by atoms with Crippen molar-refractivity contribution in [2.24, 2.45) is 5.84 Å². The van der Waals surface area contributed by atoms with Gasteiger partial charge in [0, 0.05) is 12.7 Å². The van der Waals surface area contributed by atoms with Gasteiger partial charge in [0.2, 0.25) is 0 Å². The molecular formula is C13H16Cl2N4. The molecule has 1 aromatic heterocycles. The summed E-state index contributed by atoms with van der Waals surface area (Å²) >= 11 is 11.9. The van der Waals surface area contributed by atoms with Crippen molar-refractivity contribution >= 4 is 23.2 Å². The molecule has 2 rings (SSSR count). The number of aryl methyl sites for hydroxylation is 1. The van der Waals surface area contributed by atoms with Crippen LogP contribution in [0.5, 0.6) is 0 Å². The molecule has 1 aromatic carbocycles. The van der Waals surface area contributed by atoms with Crippen LogP contribution in [0.2, 0.25) is 10.0 Å². The van der Waals surface area contributed by atoms with Crippen molar-refractivity contribution in [1.82, 2.24) is 15.2 Å². The summed E-state index contributed by atoms with van der Waals surface area (Å²) in [4.78, 5) is 0. The van der Waals surface area contributed by atoms with E-state index in [0.717, 1.165) is 24.2 Å². The number of benzene rings is 1.